The Kier molecular flexibility index (Phi) is 9.23. The minimum atomic E-state index is -3.92. The summed E-state index contributed by atoms with van der Waals surface area (Å²) in [4.78, 5) is 25.9. The van der Waals surface area contributed by atoms with Crippen molar-refractivity contribution in [2.24, 2.45) is 5.92 Å². The maximum atomic E-state index is 13.2. The first-order valence-corrected chi connectivity index (χ1v) is 13.8. The largest absolute Gasteiger partial charge is 0.354 e. The highest BCUT2D eigenvalue weighted by atomic mass is 35.5. The highest BCUT2D eigenvalue weighted by Crippen LogP contribution is 2.25. The van der Waals surface area contributed by atoms with Crippen molar-refractivity contribution in [1.29, 1.82) is 0 Å². The summed E-state index contributed by atoms with van der Waals surface area (Å²) in [7, 11) is -3.92. The molecule has 0 saturated carbocycles. The maximum absolute atomic E-state index is 13.2. The molecule has 0 saturated heterocycles. The van der Waals surface area contributed by atoms with E-state index in [9.17, 15) is 22.4 Å². The number of amides is 2. The van der Waals surface area contributed by atoms with Crippen molar-refractivity contribution in [2.45, 2.75) is 37.6 Å². The Morgan fingerprint density at radius 1 is 1.09 bits per heavy atom. The van der Waals surface area contributed by atoms with Crippen LogP contribution in [0.4, 0.5) is 4.39 Å². The van der Waals surface area contributed by atoms with Crippen LogP contribution in [-0.2, 0) is 14.8 Å². The van der Waals surface area contributed by atoms with E-state index in [2.05, 4.69) is 15.4 Å². The van der Waals surface area contributed by atoms with Gasteiger partial charge in [0, 0.05) is 17.8 Å². The molecule has 11 heteroatoms. The SMILES string of the molecule is CC(C)C[C@H](NC(=O)c1cc2ccccc2s1)C(=O)NCCCNS(=O)(=O)c1ccc(F)cc1Cl. The molecule has 1 aromatic heterocycles. The molecule has 3 N–H and O–H groups in total. The first-order valence-electron chi connectivity index (χ1n) is 11.1. The van der Waals surface area contributed by atoms with Gasteiger partial charge in [-0.3, -0.25) is 9.59 Å². The third kappa shape index (κ3) is 7.47. The standard InChI is InChI=1S/C24H27ClFN3O4S2/c1-15(2)12-19(29-24(31)21-13-16-6-3-4-7-20(16)34-21)23(30)27-10-5-11-28-35(32,33)22-9-8-17(26)14-18(22)25/h3-4,6-9,13-15,19,28H,5,10-12H2,1-2H3,(H,27,30)(H,29,31)/t19-/m0/s1. The molecule has 0 spiro atoms. The molecule has 0 fully saturated rings. The van der Waals surface area contributed by atoms with E-state index in [0.29, 0.717) is 17.7 Å². The predicted octanol–water partition coefficient (Wildman–Crippen LogP) is 4.32. The van der Waals surface area contributed by atoms with E-state index in [1.165, 1.54) is 11.3 Å². The highest BCUT2D eigenvalue weighted by Gasteiger charge is 2.23. The number of sulfonamides is 1. The topological polar surface area (TPSA) is 104 Å². The van der Waals surface area contributed by atoms with Crippen LogP contribution in [0.25, 0.3) is 10.1 Å². The van der Waals surface area contributed by atoms with Gasteiger partial charge in [0.05, 0.1) is 9.90 Å². The predicted molar refractivity (Wildman–Crippen MR) is 137 cm³/mol. The van der Waals surface area contributed by atoms with Gasteiger partial charge in [-0.1, -0.05) is 43.6 Å². The van der Waals surface area contributed by atoms with Crippen molar-refractivity contribution >= 4 is 54.9 Å². The van der Waals surface area contributed by atoms with Gasteiger partial charge in [0.1, 0.15) is 16.8 Å². The van der Waals surface area contributed by atoms with Gasteiger partial charge in [-0.15, -0.1) is 11.3 Å². The van der Waals surface area contributed by atoms with Crippen molar-refractivity contribution in [3.05, 3.63) is 64.2 Å². The van der Waals surface area contributed by atoms with Gasteiger partial charge in [-0.25, -0.2) is 17.5 Å². The molecule has 35 heavy (non-hydrogen) atoms. The van der Waals surface area contributed by atoms with Gasteiger partial charge in [0.2, 0.25) is 15.9 Å². The maximum Gasteiger partial charge on any atom is 0.262 e. The van der Waals surface area contributed by atoms with Crippen LogP contribution in [0, 0.1) is 11.7 Å². The molecule has 0 unspecified atom stereocenters. The molecular formula is C24H27ClFN3O4S2. The van der Waals surface area contributed by atoms with E-state index in [4.69, 9.17) is 11.6 Å². The highest BCUT2D eigenvalue weighted by molar-refractivity contribution is 7.89. The number of hydrogen-bond acceptors (Lipinski definition) is 5. The van der Waals surface area contributed by atoms with E-state index in [1.54, 1.807) is 6.07 Å². The number of benzene rings is 2. The third-order valence-corrected chi connectivity index (χ3v) is 8.17. The Balaban J connectivity index is 1.52. The van der Waals surface area contributed by atoms with Crippen molar-refractivity contribution in [3.8, 4) is 0 Å². The number of hydrogen-bond donors (Lipinski definition) is 3. The quantitative estimate of drug-likeness (QED) is 0.316. The summed E-state index contributed by atoms with van der Waals surface area (Å²) >= 11 is 7.20. The smallest absolute Gasteiger partial charge is 0.262 e. The lowest BCUT2D eigenvalue weighted by molar-refractivity contribution is -0.123. The second-order valence-electron chi connectivity index (χ2n) is 8.42. The van der Waals surface area contributed by atoms with Crippen LogP contribution in [0.1, 0.15) is 36.4 Å². The van der Waals surface area contributed by atoms with Crippen LogP contribution in [0.3, 0.4) is 0 Å². The molecular weight excluding hydrogens is 513 g/mol. The molecule has 0 bridgehead atoms. The van der Waals surface area contributed by atoms with E-state index in [-0.39, 0.29) is 40.7 Å². The van der Waals surface area contributed by atoms with Crippen LogP contribution < -0.4 is 15.4 Å². The number of fused-ring (bicyclic) bond motifs is 1. The Morgan fingerprint density at radius 2 is 1.83 bits per heavy atom. The molecule has 2 amide bonds. The normalized spacial score (nSPS) is 12.6. The fourth-order valence-corrected chi connectivity index (χ4v) is 6.00. The summed E-state index contributed by atoms with van der Waals surface area (Å²) in [6, 6.07) is 11.8. The van der Waals surface area contributed by atoms with Crippen LogP contribution in [0.5, 0.6) is 0 Å². The lowest BCUT2D eigenvalue weighted by Gasteiger charge is -2.20. The number of rotatable bonds is 11. The molecule has 0 aliphatic carbocycles. The molecule has 1 atom stereocenters. The van der Waals surface area contributed by atoms with Crippen LogP contribution in [0.2, 0.25) is 5.02 Å². The lowest BCUT2D eigenvalue weighted by Crippen LogP contribution is -2.47. The van der Waals surface area contributed by atoms with Gasteiger partial charge in [-0.05, 0) is 54.5 Å². The molecule has 188 valence electrons. The summed E-state index contributed by atoms with van der Waals surface area (Å²) in [5, 5.41) is 6.34. The molecule has 1 heterocycles. The van der Waals surface area contributed by atoms with Crippen molar-refractivity contribution in [2.75, 3.05) is 13.1 Å². The summed E-state index contributed by atoms with van der Waals surface area (Å²) in [5.74, 6) is -1.11. The summed E-state index contributed by atoms with van der Waals surface area (Å²) in [6.07, 6.45) is 0.764. The average Bonchev–Trinajstić information content (AvgIpc) is 3.22. The number of halogens is 2. The van der Waals surface area contributed by atoms with Gasteiger partial charge in [0.15, 0.2) is 0 Å². The zero-order valence-corrected chi connectivity index (χ0v) is 21.7. The number of carbonyl (C=O) groups is 2. The number of carbonyl (C=O) groups excluding carboxylic acids is 2. The van der Waals surface area contributed by atoms with E-state index in [0.717, 1.165) is 28.3 Å². The second-order valence-corrected chi connectivity index (χ2v) is 11.6. The fourth-order valence-electron chi connectivity index (χ4n) is 3.43. The van der Waals surface area contributed by atoms with Crippen LogP contribution in [0.15, 0.2) is 53.4 Å². The van der Waals surface area contributed by atoms with Crippen LogP contribution >= 0.6 is 22.9 Å². The monoisotopic (exact) mass is 539 g/mol. The zero-order valence-electron chi connectivity index (χ0n) is 19.3. The van der Waals surface area contributed by atoms with Crippen molar-refractivity contribution in [1.82, 2.24) is 15.4 Å². The van der Waals surface area contributed by atoms with Gasteiger partial charge >= 0.3 is 0 Å². The number of nitrogens with one attached hydrogen (secondary N) is 3. The zero-order chi connectivity index (χ0) is 25.6. The van der Waals surface area contributed by atoms with Gasteiger partial charge < -0.3 is 10.6 Å². The minimum Gasteiger partial charge on any atom is -0.354 e. The minimum absolute atomic E-state index is 0.0410. The summed E-state index contributed by atoms with van der Waals surface area (Å²) in [6.45, 7) is 4.16. The Morgan fingerprint density at radius 3 is 2.51 bits per heavy atom. The molecule has 0 aliphatic rings. The Bertz CT molecular complexity index is 1280. The van der Waals surface area contributed by atoms with Gasteiger partial charge in [-0.2, -0.15) is 0 Å². The molecule has 0 aliphatic heterocycles. The first kappa shape index (κ1) is 27.1. The van der Waals surface area contributed by atoms with E-state index < -0.39 is 21.9 Å². The Labute approximate surface area is 213 Å². The second kappa shape index (κ2) is 11.9. The summed E-state index contributed by atoms with van der Waals surface area (Å²) in [5.41, 5.74) is 0. The van der Waals surface area contributed by atoms with Crippen LogP contribution in [-0.4, -0.2) is 39.4 Å². The molecule has 7 nitrogen and oxygen atoms in total. The first-order chi connectivity index (χ1) is 16.6. The van der Waals surface area contributed by atoms with E-state index >= 15 is 0 Å². The fraction of sp³-hybridized carbons (Fsp3) is 0.333. The third-order valence-electron chi connectivity index (χ3n) is 5.11. The molecule has 2 aromatic carbocycles. The average molecular weight is 540 g/mol. The number of thiophene rings is 1. The molecule has 0 radical (unpaired) electrons. The Hall–Kier alpha value is -2.53. The summed E-state index contributed by atoms with van der Waals surface area (Å²) < 4.78 is 41.3. The lowest BCUT2D eigenvalue weighted by atomic mass is 10.0. The van der Waals surface area contributed by atoms with Crippen molar-refractivity contribution in [3.63, 3.8) is 0 Å². The molecule has 3 aromatic rings. The van der Waals surface area contributed by atoms with Gasteiger partial charge in [0.25, 0.3) is 5.91 Å². The van der Waals surface area contributed by atoms with Crippen molar-refractivity contribution < 1.29 is 22.4 Å². The molecule has 3 rings (SSSR count). The van der Waals surface area contributed by atoms with E-state index in [1.807, 2.05) is 38.1 Å².